The highest BCUT2D eigenvalue weighted by molar-refractivity contribution is 5.86. The molecule has 0 aromatic heterocycles. The molecule has 2 aromatic carbocycles. The van der Waals surface area contributed by atoms with E-state index in [0.29, 0.717) is 31.0 Å². The highest BCUT2D eigenvalue weighted by Gasteiger charge is 2.57. The van der Waals surface area contributed by atoms with Crippen molar-refractivity contribution < 1.29 is 35.9 Å². The monoisotopic (exact) mass is 623 g/mol. The summed E-state index contributed by atoms with van der Waals surface area (Å²) in [5.74, 6) is 0.754. The summed E-state index contributed by atoms with van der Waals surface area (Å²) in [6.07, 6.45) is -3.47. The number of halogens is 6. The van der Waals surface area contributed by atoms with Gasteiger partial charge in [-0.3, -0.25) is 4.79 Å². The number of fused-ring (bicyclic) bond motifs is 1. The third kappa shape index (κ3) is 6.15. The van der Waals surface area contributed by atoms with E-state index in [2.05, 4.69) is 6.92 Å². The quantitative estimate of drug-likeness (QED) is 0.315. The Bertz CT molecular complexity index is 1350. The summed E-state index contributed by atoms with van der Waals surface area (Å²) in [4.78, 5) is 32.7. The molecule has 2 saturated heterocycles. The van der Waals surface area contributed by atoms with Crippen LogP contribution in [0.4, 0.5) is 31.1 Å². The molecule has 5 nitrogen and oxygen atoms in total. The van der Waals surface area contributed by atoms with Gasteiger partial charge in [0.2, 0.25) is 5.91 Å². The van der Waals surface area contributed by atoms with Gasteiger partial charge in [0, 0.05) is 26.7 Å². The Labute approximate surface area is 254 Å². The van der Waals surface area contributed by atoms with Gasteiger partial charge in [-0.25, -0.2) is 4.79 Å². The van der Waals surface area contributed by atoms with E-state index in [1.54, 1.807) is 4.90 Å². The summed E-state index contributed by atoms with van der Waals surface area (Å²) in [5, 5.41) is 0. The van der Waals surface area contributed by atoms with E-state index >= 15 is 0 Å². The van der Waals surface area contributed by atoms with Crippen LogP contribution in [0.15, 0.2) is 42.5 Å². The lowest BCUT2D eigenvalue weighted by atomic mass is 9.67. The second-order valence-electron chi connectivity index (χ2n) is 12.8. The van der Waals surface area contributed by atoms with Crippen LogP contribution in [0.2, 0.25) is 0 Å². The van der Waals surface area contributed by atoms with E-state index in [9.17, 15) is 35.9 Å². The normalized spacial score (nSPS) is 25.8. The number of rotatable bonds is 5. The summed E-state index contributed by atoms with van der Waals surface area (Å²) in [5.41, 5.74) is -1.75. The fraction of sp³-hybridized carbons (Fsp3) is 0.576. The number of hydrogen-bond donors (Lipinski definition) is 0. The van der Waals surface area contributed by atoms with Crippen molar-refractivity contribution in [3.8, 4) is 0 Å². The molecule has 2 aromatic rings. The van der Waals surface area contributed by atoms with Gasteiger partial charge in [-0.1, -0.05) is 44.0 Å². The number of alkyl halides is 6. The van der Waals surface area contributed by atoms with E-state index in [4.69, 9.17) is 0 Å². The first-order valence-electron chi connectivity index (χ1n) is 15.3. The molecule has 5 rings (SSSR count). The third-order valence-corrected chi connectivity index (χ3v) is 9.90. The number of amides is 3. The predicted octanol–water partition coefficient (Wildman–Crippen LogP) is 8.22. The number of hydrogen-bond acceptors (Lipinski definition) is 2. The average molecular weight is 624 g/mol. The van der Waals surface area contributed by atoms with Crippen LogP contribution in [-0.2, 0) is 23.7 Å². The zero-order valence-electron chi connectivity index (χ0n) is 25.3. The van der Waals surface area contributed by atoms with Crippen LogP contribution in [0.25, 0.3) is 0 Å². The second-order valence-corrected chi connectivity index (χ2v) is 12.8. The standard InChI is InChI=1S/C33H39F6N3O2/c1-4-7-22-10-12-31(13-11-22)19-27-28(26-9-6-5-8-21(26)2)42(15-14-41(27)29(31)43)30(44)40(3)20-23-16-24(32(34,35)36)18-25(17-23)33(37,38)39/h5-6,8-9,16-18,22,27-28H,4,7,10-15,19-20H2,1-3H3. The van der Waals surface area contributed by atoms with Crippen molar-refractivity contribution in [2.24, 2.45) is 11.3 Å². The topological polar surface area (TPSA) is 43.9 Å². The number of benzene rings is 2. The Kier molecular flexibility index (Phi) is 8.72. The Morgan fingerprint density at radius 1 is 0.977 bits per heavy atom. The van der Waals surface area contributed by atoms with E-state index in [1.165, 1.54) is 11.9 Å². The maximum atomic E-state index is 14.0. The van der Waals surface area contributed by atoms with Crippen molar-refractivity contribution >= 4 is 11.9 Å². The van der Waals surface area contributed by atoms with Crippen molar-refractivity contribution in [2.45, 2.75) is 89.8 Å². The zero-order valence-corrected chi connectivity index (χ0v) is 25.3. The molecule has 2 aliphatic heterocycles. The van der Waals surface area contributed by atoms with Gasteiger partial charge < -0.3 is 14.7 Å². The van der Waals surface area contributed by atoms with Crippen LogP contribution in [0, 0.1) is 18.3 Å². The highest BCUT2D eigenvalue weighted by atomic mass is 19.4. The van der Waals surface area contributed by atoms with Crippen molar-refractivity contribution in [2.75, 3.05) is 20.1 Å². The summed E-state index contributed by atoms with van der Waals surface area (Å²) in [7, 11) is 1.38. The van der Waals surface area contributed by atoms with E-state index in [1.807, 2.05) is 36.1 Å². The van der Waals surface area contributed by atoms with Gasteiger partial charge in [0.1, 0.15) is 0 Å². The summed E-state index contributed by atoms with van der Waals surface area (Å²) in [6, 6.07) is 7.74. The molecule has 0 N–H and O–H groups in total. The van der Waals surface area contributed by atoms with Crippen LogP contribution in [0.5, 0.6) is 0 Å². The van der Waals surface area contributed by atoms with E-state index in [0.717, 1.165) is 49.7 Å². The van der Waals surface area contributed by atoms with Gasteiger partial charge in [0.05, 0.1) is 28.6 Å². The largest absolute Gasteiger partial charge is 0.416 e. The minimum absolute atomic E-state index is 0.0847. The molecular formula is C33H39F6N3O2. The molecule has 11 heteroatoms. The maximum absolute atomic E-state index is 14.0. The molecule has 3 amide bonds. The average Bonchev–Trinajstić information content (AvgIpc) is 3.23. The van der Waals surface area contributed by atoms with Crippen molar-refractivity contribution in [1.82, 2.24) is 14.7 Å². The Hall–Kier alpha value is -3.24. The zero-order chi connectivity index (χ0) is 32.0. The summed E-state index contributed by atoms with van der Waals surface area (Å²) in [6.45, 7) is 4.19. The van der Waals surface area contributed by atoms with E-state index in [-0.39, 0.29) is 30.1 Å². The van der Waals surface area contributed by atoms with Crippen LogP contribution in [0.3, 0.4) is 0 Å². The first-order chi connectivity index (χ1) is 20.6. The number of urea groups is 1. The van der Waals surface area contributed by atoms with Gasteiger partial charge in [-0.15, -0.1) is 0 Å². The predicted molar refractivity (Wildman–Crippen MR) is 153 cm³/mol. The Morgan fingerprint density at radius 2 is 1.59 bits per heavy atom. The molecule has 0 radical (unpaired) electrons. The van der Waals surface area contributed by atoms with Gasteiger partial charge in [-0.05, 0) is 79.8 Å². The molecule has 1 spiro atoms. The second kappa shape index (κ2) is 11.9. The lowest BCUT2D eigenvalue weighted by molar-refractivity contribution is -0.143. The molecule has 240 valence electrons. The molecule has 1 saturated carbocycles. The maximum Gasteiger partial charge on any atom is 0.416 e. The van der Waals surface area contributed by atoms with Crippen molar-refractivity contribution in [1.29, 1.82) is 0 Å². The molecular weight excluding hydrogens is 584 g/mol. The SMILES string of the molecule is CCCC1CCC2(CC1)CC1C(c3ccccc3C)N(C(=O)N(C)Cc3cc(C(F)(F)F)cc(C(F)(F)F)c3)CCN1C2=O. The van der Waals surface area contributed by atoms with E-state index < -0.39 is 47.5 Å². The fourth-order valence-corrected chi connectivity index (χ4v) is 7.69. The van der Waals surface area contributed by atoms with Crippen LogP contribution >= 0.6 is 0 Å². The first kappa shape index (κ1) is 32.2. The lowest BCUT2D eigenvalue weighted by Crippen LogP contribution is -2.57. The number of carbonyl (C=O) groups excluding carboxylic acids is 2. The molecule has 2 heterocycles. The smallest absolute Gasteiger partial charge is 0.335 e. The number of nitrogens with zero attached hydrogens (tertiary/aromatic N) is 3. The Balaban J connectivity index is 1.44. The molecule has 1 aliphatic carbocycles. The molecule has 2 unspecified atom stereocenters. The van der Waals surface area contributed by atoms with Crippen molar-refractivity contribution in [3.63, 3.8) is 0 Å². The van der Waals surface area contributed by atoms with Crippen LogP contribution in [-0.4, -0.2) is 52.8 Å². The first-order valence-corrected chi connectivity index (χ1v) is 15.3. The van der Waals surface area contributed by atoms with Gasteiger partial charge >= 0.3 is 18.4 Å². The molecule has 3 aliphatic rings. The fourth-order valence-electron chi connectivity index (χ4n) is 7.69. The number of carbonyl (C=O) groups is 2. The number of aryl methyl sites for hydroxylation is 1. The minimum Gasteiger partial charge on any atom is -0.335 e. The Morgan fingerprint density at radius 3 is 2.16 bits per heavy atom. The molecule has 44 heavy (non-hydrogen) atoms. The highest BCUT2D eigenvalue weighted by Crippen LogP contribution is 2.53. The molecule has 0 bridgehead atoms. The van der Waals surface area contributed by atoms with Gasteiger partial charge in [0.15, 0.2) is 0 Å². The van der Waals surface area contributed by atoms with Crippen LogP contribution in [0.1, 0.15) is 85.7 Å². The minimum atomic E-state index is -4.98. The van der Waals surface area contributed by atoms with Crippen molar-refractivity contribution in [3.05, 3.63) is 70.3 Å². The van der Waals surface area contributed by atoms with Crippen LogP contribution < -0.4 is 0 Å². The van der Waals surface area contributed by atoms with Gasteiger partial charge in [0.25, 0.3) is 0 Å². The summed E-state index contributed by atoms with van der Waals surface area (Å²) < 4.78 is 80.9. The van der Waals surface area contributed by atoms with Gasteiger partial charge in [-0.2, -0.15) is 26.3 Å². The number of piperazine rings is 1. The third-order valence-electron chi connectivity index (χ3n) is 9.90. The molecule has 2 atom stereocenters. The summed E-state index contributed by atoms with van der Waals surface area (Å²) >= 11 is 0. The lowest BCUT2D eigenvalue weighted by Gasteiger charge is -2.46. The molecule has 3 fully saturated rings.